The van der Waals surface area contributed by atoms with Crippen LogP contribution in [-0.2, 0) is 0 Å². The van der Waals surface area contributed by atoms with Crippen molar-refractivity contribution in [2.75, 3.05) is 5.32 Å². The van der Waals surface area contributed by atoms with Gasteiger partial charge in [-0.1, -0.05) is 66.7 Å². The molecular formula is C21H19NS. The fourth-order valence-electron chi connectivity index (χ4n) is 3.06. The Kier molecular flexibility index (Phi) is 3.62. The Bertz CT molecular complexity index is 869. The van der Waals surface area contributed by atoms with Crippen LogP contribution >= 0.6 is 11.8 Å². The van der Waals surface area contributed by atoms with Crippen molar-refractivity contribution in [3.05, 3.63) is 83.4 Å². The van der Waals surface area contributed by atoms with Crippen LogP contribution in [0.1, 0.15) is 29.5 Å². The van der Waals surface area contributed by atoms with Gasteiger partial charge in [0.15, 0.2) is 0 Å². The Labute approximate surface area is 141 Å². The smallest absolute Gasteiger partial charge is 0.0529 e. The summed E-state index contributed by atoms with van der Waals surface area (Å²) < 4.78 is 0. The van der Waals surface area contributed by atoms with E-state index in [2.05, 4.69) is 85.9 Å². The molecule has 1 nitrogen and oxygen atoms in total. The minimum absolute atomic E-state index is 0.393. The second kappa shape index (κ2) is 5.78. The molecular weight excluding hydrogens is 298 g/mol. The molecule has 0 spiro atoms. The highest BCUT2D eigenvalue weighted by molar-refractivity contribution is 7.99. The quantitative estimate of drug-likeness (QED) is 0.462. The number of anilines is 2. The zero-order valence-electron chi connectivity index (χ0n) is 13.3. The molecule has 23 heavy (non-hydrogen) atoms. The molecule has 0 radical (unpaired) electrons. The fraction of sp³-hybridized carbons (Fsp3) is 0.143. The van der Waals surface area contributed by atoms with Crippen LogP contribution in [0.2, 0.25) is 0 Å². The van der Waals surface area contributed by atoms with Gasteiger partial charge in [0.1, 0.15) is 0 Å². The summed E-state index contributed by atoms with van der Waals surface area (Å²) in [6.07, 6.45) is 0. The number of aryl methyl sites for hydroxylation is 1. The fourth-order valence-corrected chi connectivity index (χ4v) is 4.03. The Morgan fingerprint density at radius 1 is 0.783 bits per heavy atom. The minimum atomic E-state index is 0.393. The number of fused-ring (bicyclic) bond motifs is 2. The average molecular weight is 317 g/mol. The molecule has 1 heterocycles. The van der Waals surface area contributed by atoms with Gasteiger partial charge in [0.05, 0.1) is 11.4 Å². The summed E-state index contributed by atoms with van der Waals surface area (Å²) >= 11 is 1.84. The summed E-state index contributed by atoms with van der Waals surface area (Å²) in [6.45, 7) is 4.43. The van der Waals surface area contributed by atoms with E-state index < -0.39 is 0 Å². The standard InChI is InChI=1S/C21H19NS/c1-14-6-5-7-16(12-14)15(2)17-10-11-21-19(13-17)22-18-8-3-4-9-20(18)23-21/h3-13,15,22H,1-2H3. The molecule has 0 aromatic heterocycles. The number of hydrogen-bond donors (Lipinski definition) is 1. The van der Waals surface area contributed by atoms with Gasteiger partial charge in [-0.2, -0.15) is 0 Å². The number of nitrogens with one attached hydrogen (secondary N) is 1. The molecule has 1 unspecified atom stereocenters. The van der Waals surface area contributed by atoms with Crippen LogP contribution < -0.4 is 5.32 Å². The zero-order valence-corrected chi connectivity index (χ0v) is 14.2. The third kappa shape index (κ3) is 2.75. The maximum absolute atomic E-state index is 3.58. The van der Waals surface area contributed by atoms with Crippen LogP contribution in [0, 0.1) is 6.92 Å². The van der Waals surface area contributed by atoms with Crippen molar-refractivity contribution in [1.82, 2.24) is 0 Å². The van der Waals surface area contributed by atoms with E-state index in [-0.39, 0.29) is 0 Å². The molecule has 114 valence electrons. The molecule has 0 fully saturated rings. The van der Waals surface area contributed by atoms with Crippen LogP contribution in [0.15, 0.2) is 76.5 Å². The average Bonchev–Trinajstić information content (AvgIpc) is 2.59. The van der Waals surface area contributed by atoms with Crippen LogP contribution in [0.3, 0.4) is 0 Å². The molecule has 1 aliphatic heterocycles. The Balaban J connectivity index is 1.68. The summed E-state index contributed by atoms with van der Waals surface area (Å²) in [7, 11) is 0. The third-order valence-electron chi connectivity index (χ3n) is 4.42. The lowest BCUT2D eigenvalue weighted by Crippen LogP contribution is -2.02. The van der Waals surface area contributed by atoms with Gasteiger partial charge in [-0.25, -0.2) is 0 Å². The molecule has 0 amide bonds. The SMILES string of the molecule is Cc1cccc(C(C)c2ccc3c(c2)Nc2ccccc2S3)c1. The Morgan fingerprint density at radius 3 is 2.43 bits per heavy atom. The van der Waals surface area contributed by atoms with Crippen molar-refractivity contribution in [2.24, 2.45) is 0 Å². The van der Waals surface area contributed by atoms with E-state index in [0.717, 1.165) is 0 Å². The second-order valence-corrected chi connectivity index (χ2v) is 7.20. The molecule has 0 aliphatic carbocycles. The lowest BCUT2D eigenvalue weighted by atomic mass is 9.92. The van der Waals surface area contributed by atoms with E-state index in [1.54, 1.807) is 0 Å². The lowest BCUT2D eigenvalue weighted by molar-refractivity contribution is 0.918. The van der Waals surface area contributed by atoms with Crippen LogP contribution in [-0.4, -0.2) is 0 Å². The molecule has 1 N–H and O–H groups in total. The summed E-state index contributed by atoms with van der Waals surface area (Å²) in [5.41, 5.74) is 6.45. The van der Waals surface area contributed by atoms with E-state index in [0.29, 0.717) is 5.92 Å². The van der Waals surface area contributed by atoms with E-state index >= 15 is 0 Å². The summed E-state index contributed by atoms with van der Waals surface area (Å²) in [4.78, 5) is 2.59. The molecule has 2 heteroatoms. The second-order valence-electron chi connectivity index (χ2n) is 6.11. The molecule has 0 saturated carbocycles. The highest BCUT2D eigenvalue weighted by Gasteiger charge is 2.17. The zero-order chi connectivity index (χ0) is 15.8. The first-order chi connectivity index (χ1) is 11.2. The molecule has 0 saturated heterocycles. The molecule has 0 bridgehead atoms. The van der Waals surface area contributed by atoms with Crippen molar-refractivity contribution in [3.63, 3.8) is 0 Å². The van der Waals surface area contributed by atoms with E-state index in [1.807, 2.05) is 11.8 Å². The van der Waals surface area contributed by atoms with Crippen LogP contribution in [0.5, 0.6) is 0 Å². The first-order valence-corrected chi connectivity index (χ1v) is 8.77. The third-order valence-corrected chi connectivity index (χ3v) is 5.57. The van der Waals surface area contributed by atoms with Gasteiger partial charge < -0.3 is 5.32 Å². The monoisotopic (exact) mass is 317 g/mol. The van der Waals surface area contributed by atoms with Gasteiger partial charge >= 0.3 is 0 Å². The molecule has 3 aromatic rings. The van der Waals surface area contributed by atoms with Crippen LogP contribution in [0.25, 0.3) is 0 Å². The summed E-state index contributed by atoms with van der Waals surface area (Å²) in [5.74, 6) is 0.393. The van der Waals surface area contributed by atoms with E-state index in [9.17, 15) is 0 Å². The first kappa shape index (κ1) is 14.4. The first-order valence-electron chi connectivity index (χ1n) is 7.95. The topological polar surface area (TPSA) is 12.0 Å². The van der Waals surface area contributed by atoms with Crippen LogP contribution in [0.4, 0.5) is 11.4 Å². The van der Waals surface area contributed by atoms with Crippen molar-refractivity contribution < 1.29 is 0 Å². The summed E-state index contributed by atoms with van der Waals surface area (Å²) in [6, 6.07) is 24.1. The number of hydrogen-bond acceptors (Lipinski definition) is 2. The number of para-hydroxylation sites is 1. The summed E-state index contributed by atoms with van der Waals surface area (Å²) in [5, 5.41) is 3.58. The van der Waals surface area contributed by atoms with Gasteiger partial charge in [0, 0.05) is 15.7 Å². The predicted octanol–water partition coefficient (Wildman–Crippen LogP) is 6.36. The van der Waals surface area contributed by atoms with E-state index in [1.165, 1.54) is 37.9 Å². The molecule has 4 rings (SSSR count). The molecule has 1 aliphatic rings. The van der Waals surface area contributed by atoms with Gasteiger partial charge in [0.25, 0.3) is 0 Å². The number of rotatable bonds is 2. The predicted molar refractivity (Wildman–Crippen MR) is 99.0 cm³/mol. The van der Waals surface area contributed by atoms with Crippen molar-refractivity contribution >= 4 is 23.1 Å². The van der Waals surface area contributed by atoms with Crippen molar-refractivity contribution in [2.45, 2.75) is 29.6 Å². The van der Waals surface area contributed by atoms with Gasteiger partial charge in [-0.3, -0.25) is 0 Å². The van der Waals surface area contributed by atoms with Gasteiger partial charge in [-0.05, 0) is 42.3 Å². The minimum Gasteiger partial charge on any atom is -0.354 e. The largest absolute Gasteiger partial charge is 0.354 e. The van der Waals surface area contributed by atoms with E-state index in [4.69, 9.17) is 0 Å². The highest BCUT2D eigenvalue weighted by atomic mass is 32.2. The number of benzene rings is 3. The molecule has 1 atom stereocenters. The van der Waals surface area contributed by atoms with Gasteiger partial charge in [-0.15, -0.1) is 0 Å². The Morgan fingerprint density at radius 2 is 1.57 bits per heavy atom. The van der Waals surface area contributed by atoms with Crippen molar-refractivity contribution in [3.8, 4) is 0 Å². The molecule has 3 aromatic carbocycles. The Hall–Kier alpha value is -2.19. The maximum atomic E-state index is 3.58. The van der Waals surface area contributed by atoms with Gasteiger partial charge in [0.2, 0.25) is 0 Å². The highest BCUT2D eigenvalue weighted by Crippen LogP contribution is 2.45. The maximum Gasteiger partial charge on any atom is 0.0529 e. The lowest BCUT2D eigenvalue weighted by Gasteiger charge is -2.22. The normalized spacial score (nSPS) is 13.7. The van der Waals surface area contributed by atoms with Crippen molar-refractivity contribution in [1.29, 1.82) is 0 Å².